The van der Waals surface area contributed by atoms with Crippen molar-refractivity contribution in [2.24, 2.45) is 0 Å². The van der Waals surface area contributed by atoms with Crippen molar-refractivity contribution in [2.75, 3.05) is 9.80 Å². The Morgan fingerprint density at radius 1 is 0.429 bits per heavy atom. The molecule has 4 heteroatoms. The minimum Gasteiger partial charge on any atom is -0.311 e. The van der Waals surface area contributed by atoms with Crippen LogP contribution >= 0.6 is 11.3 Å². The third kappa shape index (κ3) is 6.60. The highest BCUT2D eigenvalue weighted by Gasteiger charge is 2.45. The predicted molar refractivity (Wildman–Crippen MR) is 306 cm³/mol. The average Bonchev–Trinajstić information content (AvgIpc) is 3.77. The van der Waals surface area contributed by atoms with E-state index in [-0.39, 0.29) is 17.5 Å². The van der Waals surface area contributed by atoms with E-state index in [2.05, 4.69) is 252 Å². The topological polar surface area (TPSA) is 6.48 Å². The first-order valence-electron chi connectivity index (χ1n) is 25.0. The van der Waals surface area contributed by atoms with E-state index >= 15 is 0 Å². The molecule has 0 bridgehead atoms. The van der Waals surface area contributed by atoms with Crippen LogP contribution in [0.1, 0.15) is 65.2 Å². The lowest BCUT2D eigenvalue weighted by atomic mass is 9.36. The zero-order valence-electron chi connectivity index (χ0n) is 41.1. The molecule has 0 unspecified atom stereocenters. The van der Waals surface area contributed by atoms with Crippen molar-refractivity contribution in [1.82, 2.24) is 0 Å². The smallest absolute Gasteiger partial charge is 0.264 e. The van der Waals surface area contributed by atoms with Crippen molar-refractivity contribution < 1.29 is 0 Å². The van der Waals surface area contributed by atoms with Crippen LogP contribution in [-0.2, 0) is 17.3 Å². The molecule has 13 rings (SSSR count). The molecule has 2 nitrogen and oxygen atoms in total. The Labute approximate surface area is 416 Å². The zero-order valence-corrected chi connectivity index (χ0v) is 41.9. The van der Waals surface area contributed by atoms with E-state index in [1.807, 2.05) is 11.3 Å². The third-order valence-corrected chi connectivity index (χ3v) is 16.5. The SMILES string of the molecule is CCc1ccc2c(c1)B1c3sc4ccc(C(C)(C)C)cc4c3N(c3ccc(-c4ccccc4)cc3)c3cccc(c31)N2c1ccc(C(C)(C)C)cc1-c1ccc2c3ccccc3c3ccccc3c2c1. The fourth-order valence-electron chi connectivity index (χ4n) is 11.6. The van der Waals surface area contributed by atoms with Crippen molar-refractivity contribution in [2.45, 2.75) is 65.7 Å². The van der Waals surface area contributed by atoms with Crippen molar-refractivity contribution >= 4 is 110 Å². The summed E-state index contributed by atoms with van der Waals surface area (Å²) in [6, 6.07) is 74.0. The van der Waals surface area contributed by atoms with Gasteiger partial charge in [-0.15, -0.1) is 11.3 Å². The number of thiophene rings is 1. The molecule has 10 aromatic carbocycles. The molecule has 0 spiro atoms. The quantitative estimate of drug-likeness (QED) is 0.125. The molecular formula is C66H55BN2S. The highest BCUT2D eigenvalue weighted by molar-refractivity contribution is 7.33. The van der Waals surface area contributed by atoms with Gasteiger partial charge in [0.15, 0.2) is 0 Å². The first kappa shape index (κ1) is 42.7. The molecular weight excluding hydrogens is 864 g/mol. The van der Waals surface area contributed by atoms with E-state index in [9.17, 15) is 0 Å². The van der Waals surface area contributed by atoms with E-state index in [0.29, 0.717) is 0 Å². The number of hydrogen-bond acceptors (Lipinski definition) is 3. The molecule has 11 aromatic rings. The summed E-state index contributed by atoms with van der Waals surface area (Å²) in [4.78, 5) is 5.21. The molecule has 2 aliphatic heterocycles. The zero-order chi connectivity index (χ0) is 47.6. The molecule has 1 aromatic heterocycles. The Kier molecular flexibility index (Phi) is 9.65. The Morgan fingerprint density at radius 2 is 1.00 bits per heavy atom. The molecule has 0 saturated heterocycles. The summed E-state index contributed by atoms with van der Waals surface area (Å²) >= 11 is 1.98. The monoisotopic (exact) mass is 918 g/mol. The predicted octanol–water partition coefficient (Wildman–Crippen LogP) is 16.9. The Hall–Kier alpha value is -7.40. The first-order valence-corrected chi connectivity index (χ1v) is 25.8. The van der Waals surface area contributed by atoms with Gasteiger partial charge in [-0.05, 0) is 155 Å². The summed E-state index contributed by atoms with van der Waals surface area (Å²) in [5.41, 5.74) is 18.9. The molecule has 0 amide bonds. The van der Waals surface area contributed by atoms with Crippen molar-refractivity contribution in [3.8, 4) is 22.3 Å². The van der Waals surface area contributed by atoms with Gasteiger partial charge in [-0.1, -0.05) is 182 Å². The molecule has 70 heavy (non-hydrogen) atoms. The van der Waals surface area contributed by atoms with Crippen LogP contribution in [0.25, 0.3) is 64.7 Å². The Balaban J connectivity index is 1.09. The standard InChI is InChI=1S/C66H55BN2S/c1-8-41-25-34-58-56(37-41)67-62-59(68(47-31-26-43(27-32-47)42-17-10-9-11-18-42)63-55-40-46(66(5,6)7)30-36-61(55)70-64(63)67)23-16-24-60(62)69(58)57-35-29-45(65(2,3)4)39-53(57)44-28-33-52-50-21-13-12-19-48(50)49-20-14-15-22-51(49)54(52)38-44/h9-40H,8H2,1-7H3. The molecule has 338 valence electrons. The van der Waals surface area contributed by atoms with Crippen LogP contribution in [0.5, 0.6) is 0 Å². The Morgan fingerprint density at radius 3 is 1.67 bits per heavy atom. The van der Waals surface area contributed by atoms with Crippen molar-refractivity contribution in [1.29, 1.82) is 0 Å². The van der Waals surface area contributed by atoms with E-state index in [1.165, 1.54) is 131 Å². The lowest BCUT2D eigenvalue weighted by Crippen LogP contribution is -2.60. The molecule has 0 fully saturated rings. The number of aryl methyl sites for hydroxylation is 1. The molecule has 0 aliphatic carbocycles. The maximum atomic E-state index is 2.61. The van der Waals surface area contributed by atoms with Crippen molar-refractivity contribution in [3.63, 3.8) is 0 Å². The van der Waals surface area contributed by atoms with Gasteiger partial charge in [0.25, 0.3) is 6.71 Å². The van der Waals surface area contributed by atoms with Crippen molar-refractivity contribution in [3.05, 3.63) is 211 Å². The summed E-state index contributed by atoms with van der Waals surface area (Å²) < 4.78 is 2.73. The molecule has 0 atom stereocenters. The van der Waals surface area contributed by atoms with Crippen LogP contribution in [0.2, 0.25) is 0 Å². The van der Waals surface area contributed by atoms with Gasteiger partial charge < -0.3 is 9.80 Å². The van der Waals surface area contributed by atoms with Gasteiger partial charge in [-0.3, -0.25) is 0 Å². The highest BCUT2D eigenvalue weighted by Crippen LogP contribution is 2.51. The highest BCUT2D eigenvalue weighted by atomic mass is 32.1. The minimum atomic E-state index is -0.0547. The van der Waals surface area contributed by atoms with Crippen LogP contribution < -0.4 is 25.5 Å². The number of nitrogens with zero attached hydrogens (tertiary/aromatic N) is 2. The van der Waals surface area contributed by atoms with Gasteiger partial charge in [-0.25, -0.2) is 0 Å². The van der Waals surface area contributed by atoms with Crippen LogP contribution in [0.15, 0.2) is 194 Å². The summed E-state index contributed by atoms with van der Waals surface area (Å²) in [6.45, 7) is 16.3. The minimum absolute atomic E-state index is 0.00502. The van der Waals surface area contributed by atoms with Gasteiger partial charge in [0.1, 0.15) is 0 Å². The van der Waals surface area contributed by atoms with E-state index in [1.54, 1.807) is 0 Å². The largest absolute Gasteiger partial charge is 0.311 e. The number of anilines is 6. The van der Waals surface area contributed by atoms with Gasteiger partial charge in [0.2, 0.25) is 0 Å². The first-order chi connectivity index (χ1) is 33.9. The van der Waals surface area contributed by atoms with Crippen LogP contribution in [-0.4, -0.2) is 6.71 Å². The molecule has 3 heterocycles. The van der Waals surface area contributed by atoms with Gasteiger partial charge in [-0.2, -0.15) is 0 Å². The van der Waals surface area contributed by atoms with Crippen LogP contribution in [0.3, 0.4) is 0 Å². The maximum Gasteiger partial charge on any atom is 0.264 e. The fourth-order valence-corrected chi connectivity index (χ4v) is 12.9. The lowest BCUT2D eigenvalue weighted by molar-refractivity contribution is 0.590. The average molecular weight is 919 g/mol. The van der Waals surface area contributed by atoms with E-state index in [0.717, 1.165) is 6.42 Å². The van der Waals surface area contributed by atoms with Gasteiger partial charge >= 0.3 is 0 Å². The van der Waals surface area contributed by atoms with Crippen LogP contribution in [0.4, 0.5) is 34.1 Å². The molecule has 0 N–H and O–H groups in total. The second-order valence-electron chi connectivity index (χ2n) is 21.6. The summed E-state index contributed by atoms with van der Waals surface area (Å²) in [5.74, 6) is 0. The van der Waals surface area contributed by atoms with E-state index < -0.39 is 0 Å². The van der Waals surface area contributed by atoms with Crippen LogP contribution in [0, 0.1) is 0 Å². The van der Waals surface area contributed by atoms with Gasteiger partial charge in [0.05, 0.1) is 11.4 Å². The maximum absolute atomic E-state index is 2.61. The lowest BCUT2D eigenvalue weighted by Gasteiger charge is -2.43. The summed E-state index contributed by atoms with van der Waals surface area (Å²) in [5, 5.41) is 9.05. The normalized spacial score (nSPS) is 13.3. The Bertz CT molecular complexity index is 3870. The molecule has 0 radical (unpaired) electrons. The fraction of sp³-hybridized carbons (Fsp3) is 0.152. The molecule has 0 saturated carbocycles. The molecule has 2 aliphatic rings. The number of rotatable bonds is 5. The number of benzene rings is 10. The van der Waals surface area contributed by atoms with Gasteiger partial charge in [0, 0.05) is 43.2 Å². The van der Waals surface area contributed by atoms with E-state index in [4.69, 9.17) is 0 Å². The second kappa shape index (κ2) is 15.8. The number of fused-ring (bicyclic) bond motifs is 12. The number of hydrogen-bond donors (Lipinski definition) is 0. The second-order valence-corrected chi connectivity index (χ2v) is 22.7. The summed E-state index contributed by atoms with van der Waals surface area (Å²) in [6.07, 6.45) is 0.966. The third-order valence-electron chi connectivity index (χ3n) is 15.3. The summed E-state index contributed by atoms with van der Waals surface area (Å²) in [7, 11) is 0.